The number of thiol groups is 2. The van der Waals surface area contributed by atoms with Crippen LogP contribution in [-0.2, 0) is 0 Å². The van der Waals surface area contributed by atoms with E-state index in [9.17, 15) is 0 Å². The number of hydrogen-bond donors (Lipinski definition) is 2. The Labute approximate surface area is 70.8 Å². The Balaban J connectivity index is 2.49. The van der Waals surface area contributed by atoms with Gasteiger partial charge in [0.2, 0.25) is 0 Å². The molecule has 10 heavy (non-hydrogen) atoms. The number of hydrogen-bond acceptors (Lipinski definition) is 2. The lowest BCUT2D eigenvalue weighted by molar-refractivity contribution is 1.65. The predicted octanol–water partition coefficient (Wildman–Crippen LogP) is 2.49. The van der Waals surface area contributed by atoms with Crippen molar-refractivity contribution in [2.24, 2.45) is 0 Å². The topological polar surface area (TPSA) is 0 Å². The summed E-state index contributed by atoms with van der Waals surface area (Å²) in [5, 5.41) is 0. The van der Waals surface area contributed by atoms with E-state index in [4.69, 9.17) is 0 Å². The first-order valence-corrected chi connectivity index (χ1v) is 3.91. The fraction of sp³-hybridized carbons (Fsp3) is 0. The Morgan fingerprint density at radius 2 is 1.10 bits per heavy atom. The van der Waals surface area contributed by atoms with Gasteiger partial charge in [-0.2, -0.15) is 0 Å². The number of fused-ring (bicyclic) bond motifs is 1. The van der Waals surface area contributed by atoms with Gasteiger partial charge in [0.1, 0.15) is 0 Å². The maximum absolute atomic E-state index is 4.28. The molecule has 0 unspecified atom stereocenters. The summed E-state index contributed by atoms with van der Waals surface area (Å²) in [4.78, 5) is 2.07. The van der Waals surface area contributed by atoms with Crippen molar-refractivity contribution < 1.29 is 0 Å². The first-order valence-electron chi connectivity index (χ1n) is 3.02. The molecule has 0 heterocycles. The summed E-state index contributed by atoms with van der Waals surface area (Å²) in [5.74, 6) is 0. The molecule has 0 atom stereocenters. The predicted molar refractivity (Wildman–Crippen MR) is 50.3 cm³/mol. The highest BCUT2D eigenvalue weighted by molar-refractivity contribution is 7.85. The Hall–Kier alpha value is -0.340. The lowest BCUT2D eigenvalue weighted by Gasteiger charge is -1.97. The molecule has 2 aliphatic rings. The fourth-order valence-electron chi connectivity index (χ4n) is 1.13. The summed E-state index contributed by atoms with van der Waals surface area (Å²) in [5.41, 5.74) is 2.40. The van der Waals surface area contributed by atoms with Crippen LogP contribution in [0.1, 0.15) is 0 Å². The van der Waals surface area contributed by atoms with Gasteiger partial charge < -0.3 is 0 Å². The van der Waals surface area contributed by atoms with E-state index in [2.05, 4.69) is 25.3 Å². The van der Waals surface area contributed by atoms with Crippen LogP contribution >= 0.6 is 25.3 Å². The first-order chi connectivity index (χ1) is 4.79. The molecule has 2 heteroatoms. The molecule has 0 N–H and O–H groups in total. The van der Waals surface area contributed by atoms with Gasteiger partial charge in [-0.3, -0.25) is 0 Å². The largest absolute Gasteiger partial charge is 0.143 e. The Kier molecular flexibility index (Phi) is 1.32. The van der Waals surface area contributed by atoms with Crippen LogP contribution < -0.4 is 0 Å². The summed E-state index contributed by atoms with van der Waals surface area (Å²) in [6.07, 6.45) is 8.07. The number of rotatable bonds is 0. The van der Waals surface area contributed by atoms with E-state index in [1.54, 1.807) is 0 Å². The smallest absolute Gasteiger partial charge is 0.0119 e. The van der Waals surface area contributed by atoms with Crippen LogP contribution in [0.3, 0.4) is 0 Å². The van der Waals surface area contributed by atoms with Crippen LogP contribution in [0.5, 0.6) is 0 Å². The second-order valence-corrected chi connectivity index (χ2v) is 3.23. The van der Waals surface area contributed by atoms with Crippen molar-refractivity contribution >= 4 is 25.3 Å². The molecule has 0 bridgehead atoms. The summed E-state index contributed by atoms with van der Waals surface area (Å²) in [6.45, 7) is 0. The van der Waals surface area contributed by atoms with E-state index in [0.29, 0.717) is 0 Å². The van der Waals surface area contributed by atoms with Crippen molar-refractivity contribution in [3.8, 4) is 0 Å². The van der Waals surface area contributed by atoms with Gasteiger partial charge in [0.15, 0.2) is 0 Å². The van der Waals surface area contributed by atoms with E-state index in [1.165, 1.54) is 11.1 Å². The SMILES string of the molecule is SC1=CC=C2C(S)=CC=C12. The fourth-order valence-corrected chi connectivity index (χ4v) is 1.67. The maximum atomic E-state index is 4.28. The maximum Gasteiger partial charge on any atom is 0.0119 e. The van der Waals surface area contributed by atoms with Gasteiger partial charge in [-0.05, 0) is 23.3 Å². The zero-order chi connectivity index (χ0) is 7.14. The monoisotopic (exact) mass is 166 g/mol. The average molecular weight is 166 g/mol. The van der Waals surface area contributed by atoms with Crippen LogP contribution in [-0.4, -0.2) is 0 Å². The molecule has 0 spiro atoms. The van der Waals surface area contributed by atoms with Crippen LogP contribution in [0.4, 0.5) is 0 Å². The molecule has 0 radical (unpaired) electrons. The highest BCUT2D eigenvalue weighted by Crippen LogP contribution is 2.38. The molecule has 0 amide bonds. The van der Waals surface area contributed by atoms with Gasteiger partial charge in [-0.25, -0.2) is 0 Å². The molecule has 0 aromatic heterocycles. The van der Waals surface area contributed by atoms with Gasteiger partial charge in [-0.15, -0.1) is 25.3 Å². The van der Waals surface area contributed by atoms with Crippen molar-refractivity contribution in [2.45, 2.75) is 0 Å². The normalized spacial score (nSPS) is 21.4. The van der Waals surface area contributed by atoms with Gasteiger partial charge in [0, 0.05) is 9.81 Å². The summed E-state index contributed by atoms with van der Waals surface area (Å²) in [7, 11) is 0. The summed E-state index contributed by atoms with van der Waals surface area (Å²) in [6, 6.07) is 0. The molecule has 0 fully saturated rings. The van der Waals surface area contributed by atoms with Gasteiger partial charge in [-0.1, -0.05) is 12.2 Å². The summed E-state index contributed by atoms with van der Waals surface area (Å²) < 4.78 is 0. The van der Waals surface area contributed by atoms with Crippen LogP contribution in [0.15, 0.2) is 45.3 Å². The third-order valence-corrected chi connectivity index (χ3v) is 2.44. The number of allylic oxidation sites excluding steroid dienone is 6. The van der Waals surface area contributed by atoms with E-state index >= 15 is 0 Å². The Morgan fingerprint density at radius 1 is 0.700 bits per heavy atom. The molecule has 0 nitrogen and oxygen atoms in total. The van der Waals surface area contributed by atoms with Crippen LogP contribution in [0.2, 0.25) is 0 Å². The molecule has 2 rings (SSSR count). The molecule has 0 saturated carbocycles. The van der Waals surface area contributed by atoms with Gasteiger partial charge >= 0.3 is 0 Å². The van der Waals surface area contributed by atoms with Crippen molar-refractivity contribution in [1.82, 2.24) is 0 Å². The van der Waals surface area contributed by atoms with Gasteiger partial charge in [0.05, 0.1) is 0 Å². The molecule has 50 valence electrons. The Bertz CT molecular complexity index is 271. The average Bonchev–Trinajstić information content (AvgIpc) is 2.41. The first kappa shape index (κ1) is 6.38. The van der Waals surface area contributed by atoms with E-state index < -0.39 is 0 Å². The van der Waals surface area contributed by atoms with E-state index in [1.807, 2.05) is 24.3 Å². The minimum atomic E-state index is 1.04. The highest BCUT2D eigenvalue weighted by Gasteiger charge is 2.17. The highest BCUT2D eigenvalue weighted by atomic mass is 32.1. The third-order valence-electron chi connectivity index (χ3n) is 1.66. The second-order valence-electron chi connectivity index (χ2n) is 2.26. The van der Waals surface area contributed by atoms with Crippen molar-refractivity contribution in [2.75, 3.05) is 0 Å². The zero-order valence-corrected chi connectivity index (χ0v) is 6.99. The minimum Gasteiger partial charge on any atom is -0.143 e. The summed E-state index contributed by atoms with van der Waals surface area (Å²) >= 11 is 8.56. The molecule has 0 aliphatic heterocycles. The molecule has 0 saturated heterocycles. The van der Waals surface area contributed by atoms with E-state index in [-0.39, 0.29) is 0 Å². The second kappa shape index (κ2) is 2.07. The molecular weight excluding hydrogens is 160 g/mol. The van der Waals surface area contributed by atoms with E-state index in [0.717, 1.165) is 9.81 Å². The van der Waals surface area contributed by atoms with Crippen molar-refractivity contribution in [3.05, 3.63) is 45.3 Å². The van der Waals surface area contributed by atoms with Crippen LogP contribution in [0.25, 0.3) is 0 Å². The zero-order valence-electron chi connectivity index (χ0n) is 5.20. The quantitative estimate of drug-likeness (QED) is 0.507. The van der Waals surface area contributed by atoms with Gasteiger partial charge in [0.25, 0.3) is 0 Å². The molecule has 2 aliphatic carbocycles. The molecule has 0 aromatic rings. The third kappa shape index (κ3) is 0.724. The van der Waals surface area contributed by atoms with Crippen LogP contribution in [0, 0.1) is 0 Å². The molecular formula is C8H6S2. The lowest BCUT2D eigenvalue weighted by atomic mass is 10.2. The minimum absolute atomic E-state index is 1.04. The Morgan fingerprint density at radius 3 is 1.50 bits per heavy atom. The van der Waals surface area contributed by atoms with Crippen molar-refractivity contribution in [1.29, 1.82) is 0 Å². The standard InChI is InChI=1S/C8H6S2/c9-7-3-1-5-6(7)2-4-8(5)10/h1-4,9-10H. The molecule has 0 aromatic carbocycles. The lowest BCUT2D eigenvalue weighted by Crippen LogP contribution is -1.77. The van der Waals surface area contributed by atoms with Crippen molar-refractivity contribution in [3.63, 3.8) is 0 Å².